The van der Waals surface area contributed by atoms with Gasteiger partial charge >= 0.3 is 0 Å². The highest BCUT2D eigenvalue weighted by molar-refractivity contribution is 7.99. The van der Waals surface area contributed by atoms with E-state index in [4.69, 9.17) is 4.74 Å². The van der Waals surface area contributed by atoms with Crippen molar-refractivity contribution in [3.63, 3.8) is 0 Å². The Bertz CT molecular complexity index is 1950. The molecule has 2 heterocycles. The molecule has 5 nitrogen and oxygen atoms in total. The molecular weight excluding hydrogens is 615 g/mol. The molecule has 2 saturated heterocycles. The van der Waals surface area contributed by atoms with Crippen LogP contribution in [0, 0.1) is 34.0 Å². The summed E-state index contributed by atoms with van der Waals surface area (Å²) in [6.45, 7) is 4.74. The van der Waals surface area contributed by atoms with Crippen molar-refractivity contribution in [1.29, 1.82) is 0 Å². The molecule has 10 atom stereocenters. The molecule has 2 spiro atoms. The highest BCUT2D eigenvalue weighted by Gasteiger charge is 2.82. The molecule has 48 heavy (non-hydrogen) atoms. The molecule has 0 amide bonds. The number of ketones is 2. The van der Waals surface area contributed by atoms with Crippen LogP contribution in [0.15, 0.2) is 72.3 Å². The summed E-state index contributed by atoms with van der Waals surface area (Å²) < 4.78 is 6.10. The SMILES string of the molecule is COc1ccccc1C1[C@@H]2CSCN2C2(C(=O)c3cccc4cccc2c34)C12C[C@H]1[C@@H]3CC=C4C[C@@H](O)CC[C@]4(C)[C@H]3CC[C@]1(C)C2=O. The zero-order valence-electron chi connectivity index (χ0n) is 28.2. The van der Waals surface area contributed by atoms with Gasteiger partial charge in [-0.05, 0) is 96.1 Å². The molecule has 0 radical (unpaired) electrons. The number of aliphatic hydroxyl groups excluding tert-OH is 1. The van der Waals surface area contributed by atoms with Gasteiger partial charge in [0.25, 0.3) is 0 Å². The molecule has 3 aromatic rings. The lowest BCUT2D eigenvalue weighted by Crippen LogP contribution is -2.58. The van der Waals surface area contributed by atoms with Crippen LogP contribution in [0.3, 0.4) is 0 Å². The van der Waals surface area contributed by atoms with Crippen LogP contribution >= 0.6 is 11.8 Å². The molecule has 0 bridgehead atoms. The Kier molecular flexibility index (Phi) is 6.15. The molecule has 5 fully saturated rings. The molecule has 3 unspecified atom stereocenters. The van der Waals surface area contributed by atoms with E-state index in [0.717, 1.165) is 89.8 Å². The standard InChI is InChI=1S/C42H45NO4S/c1-39-18-16-26(44)20-25(39)14-15-27-30(39)17-19-40(2)32(27)21-41(38(40)46)36(28-10-4-5-13-34(28)47-3)33-22-48-23-43(33)42(41)31-12-7-9-24-8-6-11-29(35(24)31)37(42)45/h4-14,26-27,30,32-33,36,44H,15-23H2,1-3H3/t26-,27+,30-,32-,33-,36?,39-,40-,41?,42?/m0/s1. The largest absolute Gasteiger partial charge is 0.496 e. The minimum atomic E-state index is -1.06. The van der Waals surface area contributed by atoms with E-state index in [2.05, 4.69) is 61.2 Å². The maximum atomic E-state index is 16.3. The maximum Gasteiger partial charge on any atom is 0.189 e. The van der Waals surface area contributed by atoms with Crippen LogP contribution in [-0.4, -0.2) is 52.5 Å². The Morgan fingerprint density at radius 1 is 0.938 bits per heavy atom. The Morgan fingerprint density at radius 3 is 2.56 bits per heavy atom. The summed E-state index contributed by atoms with van der Waals surface area (Å²) in [6, 6.07) is 21.0. The summed E-state index contributed by atoms with van der Waals surface area (Å²) in [5, 5.41) is 12.8. The summed E-state index contributed by atoms with van der Waals surface area (Å²) in [5.74, 6) is 3.79. The smallest absolute Gasteiger partial charge is 0.189 e. The first-order valence-corrected chi connectivity index (χ1v) is 19.3. The Morgan fingerprint density at radius 2 is 1.73 bits per heavy atom. The van der Waals surface area contributed by atoms with Crippen molar-refractivity contribution < 1.29 is 19.4 Å². The predicted octanol–water partition coefficient (Wildman–Crippen LogP) is 7.90. The van der Waals surface area contributed by atoms with Gasteiger partial charge in [-0.15, -0.1) is 11.8 Å². The Balaban J connectivity index is 1.24. The van der Waals surface area contributed by atoms with Crippen LogP contribution in [0.4, 0.5) is 0 Å². The number of rotatable bonds is 2. The number of benzene rings is 3. The monoisotopic (exact) mass is 659 g/mol. The third-order valence-corrected chi connectivity index (χ3v) is 16.2. The highest BCUT2D eigenvalue weighted by atomic mass is 32.2. The highest BCUT2D eigenvalue weighted by Crippen LogP contribution is 2.78. The van der Waals surface area contributed by atoms with Gasteiger partial charge in [-0.2, -0.15) is 0 Å². The lowest BCUT2D eigenvalue weighted by atomic mass is 9.48. The van der Waals surface area contributed by atoms with Crippen LogP contribution < -0.4 is 4.74 Å². The normalized spacial score (nSPS) is 42.6. The number of carbonyl (C=O) groups is 2. The summed E-state index contributed by atoms with van der Waals surface area (Å²) in [4.78, 5) is 34.5. The maximum absolute atomic E-state index is 16.3. The van der Waals surface area contributed by atoms with Crippen LogP contribution in [0.25, 0.3) is 10.8 Å². The molecule has 2 aliphatic heterocycles. The summed E-state index contributed by atoms with van der Waals surface area (Å²) in [7, 11) is 1.74. The van der Waals surface area contributed by atoms with Gasteiger partial charge < -0.3 is 9.84 Å². The van der Waals surface area contributed by atoms with Gasteiger partial charge in [0, 0.05) is 34.6 Å². The van der Waals surface area contributed by atoms with Gasteiger partial charge in [-0.1, -0.05) is 80.1 Å². The first kappa shape index (κ1) is 29.9. The van der Waals surface area contributed by atoms with Crippen LogP contribution in [-0.2, 0) is 10.3 Å². The summed E-state index contributed by atoms with van der Waals surface area (Å²) in [5.41, 5.74) is 1.92. The number of carbonyl (C=O) groups excluding carboxylic acids is 2. The number of ether oxygens (including phenoxy) is 1. The van der Waals surface area contributed by atoms with E-state index in [-0.39, 0.29) is 35.2 Å². The average Bonchev–Trinajstić information content (AvgIpc) is 3.80. The molecule has 3 saturated carbocycles. The van der Waals surface area contributed by atoms with Gasteiger partial charge in [0.2, 0.25) is 0 Å². The molecule has 0 aromatic heterocycles. The number of nitrogens with zero attached hydrogens (tertiary/aromatic N) is 1. The fourth-order valence-electron chi connectivity index (χ4n) is 13.3. The number of allylic oxidation sites excluding steroid dienone is 1. The topological polar surface area (TPSA) is 66.8 Å². The zero-order valence-corrected chi connectivity index (χ0v) is 29.0. The number of hydrogen-bond donors (Lipinski definition) is 1. The van der Waals surface area contributed by atoms with Crippen molar-refractivity contribution in [2.24, 2.45) is 34.0 Å². The zero-order chi connectivity index (χ0) is 32.8. The molecule has 3 aromatic carbocycles. The van der Waals surface area contributed by atoms with E-state index in [1.165, 1.54) is 5.57 Å². The Hall–Kier alpha value is -2.93. The fourth-order valence-corrected chi connectivity index (χ4v) is 14.6. The molecular formula is C42H45NO4S. The van der Waals surface area contributed by atoms with Crippen molar-refractivity contribution in [2.75, 3.05) is 18.7 Å². The average molecular weight is 660 g/mol. The third kappa shape index (κ3) is 3.25. The van der Waals surface area contributed by atoms with Crippen LogP contribution in [0.5, 0.6) is 5.75 Å². The molecule has 10 rings (SSSR count). The minimum Gasteiger partial charge on any atom is -0.496 e. The van der Waals surface area contributed by atoms with Gasteiger partial charge in [0.1, 0.15) is 17.1 Å². The number of fused-ring (bicyclic) bond motifs is 9. The van der Waals surface area contributed by atoms with Crippen molar-refractivity contribution in [1.82, 2.24) is 4.90 Å². The second-order valence-corrected chi connectivity index (χ2v) is 17.6. The third-order valence-electron chi connectivity index (χ3n) is 15.2. The van der Waals surface area contributed by atoms with E-state index in [0.29, 0.717) is 17.6 Å². The number of Topliss-reactive ketones (excluding diaryl/α,β-unsaturated/α-hetero) is 2. The molecule has 6 heteroatoms. The summed E-state index contributed by atoms with van der Waals surface area (Å²) in [6.07, 6.45) is 8.45. The lowest BCUT2D eigenvalue weighted by molar-refractivity contribution is -0.141. The fraction of sp³-hybridized carbons (Fsp3) is 0.524. The van der Waals surface area contributed by atoms with Crippen molar-refractivity contribution >= 4 is 34.1 Å². The minimum absolute atomic E-state index is 0.0403. The van der Waals surface area contributed by atoms with Crippen LogP contribution in [0.1, 0.15) is 86.2 Å². The van der Waals surface area contributed by atoms with Gasteiger partial charge in [-0.25, -0.2) is 0 Å². The van der Waals surface area contributed by atoms with E-state index in [9.17, 15) is 5.11 Å². The van der Waals surface area contributed by atoms with E-state index in [1.807, 2.05) is 36.0 Å². The number of methoxy groups -OCH3 is 1. The predicted molar refractivity (Wildman–Crippen MR) is 189 cm³/mol. The number of para-hydroxylation sites is 1. The second kappa shape index (κ2) is 9.86. The van der Waals surface area contributed by atoms with Crippen LogP contribution in [0.2, 0.25) is 0 Å². The molecule has 248 valence electrons. The van der Waals surface area contributed by atoms with E-state index < -0.39 is 16.4 Å². The quantitative estimate of drug-likeness (QED) is 0.282. The van der Waals surface area contributed by atoms with E-state index >= 15 is 9.59 Å². The second-order valence-electron chi connectivity index (χ2n) is 16.6. The molecule has 5 aliphatic carbocycles. The summed E-state index contributed by atoms with van der Waals surface area (Å²) >= 11 is 1.90. The van der Waals surface area contributed by atoms with Crippen molar-refractivity contribution in [3.05, 3.63) is 89.0 Å². The van der Waals surface area contributed by atoms with Crippen molar-refractivity contribution in [2.45, 2.75) is 82.4 Å². The number of hydrogen-bond acceptors (Lipinski definition) is 6. The van der Waals surface area contributed by atoms with Gasteiger partial charge in [0.15, 0.2) is 5.78 Å². The number of thioether (sulfide) groups is 1. The lowest BCUT2D eigenvalue weighted by Gasteiger charge is -2.56. The van der Waals surface area contributed by atoms with Gasteiger partial charge in [-0.3, -0.25) is 14.5 Å². The number of aliphatic hydroxyl groups is 1. The first-order valence-electron chi connectivity index (χ1n) is 18.2. The first-order chi connectivity index (χ1) is 23.2. The van der Waals surface area contributed by atoms with E-state index in [1.54, 1.807) is 7.11 Å². The van der Waals surface area contributed by atoms with Crippen molar-refractivity contribution in [3.8, 4) is 5.75 Å². The molecule has 1 N–H and O–H groups in total. The van der Waals surface area contributed by atoms with Gasteiger partial charge in [0.05, 0.1) is 18.6 Å². The molecule has 7 aliphatic rings. The Labute approximate surface area is 287 Å².